The fourth-order valence-electron chi connectivity index (χ4n) is 3.89. The molecule has 3 aromatic rings. The molecule has 194 valence electrons. The minimum atomic E-state index is 0. The number of piperidine rings is 1. The summed E-state index contributed by atoms with van der Waals surface area (Å²) in [7, 11) is 6.55. The molecule has 0 bridgehead atoms. The van der Waals surface area contributed by atoms with Crippen LogP contribution >= 0.6 is 0 Å². The van der Waals surface area contributed by atoms with Gasteiger partial charge in [-0.2, -0.15) is 12.0 Å². The third kappa shape index (κ3) is 9.01. The molecule has 1 fully saturated rings. The Balaban J connectivity index is 0.000000339. The van der Waals surface area contributed by atoms with E-state index in [9.17, 15) is 0 Å². The summed E-state index contributed by atoms with van der Waals surface area (Å²) >= 11 is 0. The summed E-state index contributed by atoms with van der Waals surface area (Å²) in [6.07, 6.45) is 5.48. The van der Waals surface area contributed by atoms with E-state index in [2.05, 4.69) is 25.5 Å². The molecule has 4 rings (SSSR count). The molecule has 2 heterocycles. The Hall–Kier alpha value is -2.08. The predicted molar refractivity (Wildman–Crippen MR) is 143 cm³/mol. The summed E-state index contributed by atoms with van der Waals surface area (Å²) in [6.45, 7) is 4.10. The molecule has 1 aliphatic heterocycles. The molecule has 0 saturated carbocycles. The van der Waals surface area contributed by atoms with Crippen molar-refractivity contribution in [2.24, 2.45) is 0 Å². The van der Waals surface area contributed by atoms with Gasteiger partial charge in [-0.25, -0.2) is 4.98 Å². The standard InChI is InChI=1S/C18H24N4O3.C9H12NO.K/c1-23-14-11-13(12-15(24-2)17(14)25-3)20-18-19-8-7-16(21-18)22-9-5-4-6-10-22;1-7(10-2)8-3-5-9(11)6-4-8;/h7-8,11-12H,4-6,9-10H2,1-3H3,(H,19,20,21);3-7,11H,1-2H3;/q;-1;+1. The van der Waals surface area contributed by atoms with Crippen LogP contribution in [0.2, 0.25) is 0 Å². The van der Waals surface area contributed by atoms with E-state index in [0.717, 1.165) is 30.2 Å². The van der Waals surface area contributed by atoms with Gasteiger partial charge in [-0.1, -0.05) is 24.6 Å². The van der Waals surface area contributed by atoms with Crippen molar-refractivity contribution in [2.45, 2.75) is 32.2 Å². The SMILES string of the molecule is COc1cc(Nc2nccc(N3CCCCC3)n2)cc(OC)c1OC.C[N-]C(C)c1ccc(O)cc1.[K+]. The zero-order chi connectivity index (χ0) is 25.9. The molecule has 1 aliphatic rings. The Kier molecular flexibility index (Phi) is 13.5. The van der Waals surface area contributed by atoms with Crippen LogP contribution in [0.3, 0.4) is 0 Å². The van der Waals surface area contributed by atoms with Crippen molar-refractivity contribution in [3.63, 3.8) is 0 Å². The van der Waals surface area contributed by atoms with Crippen molar-refractivity contribution in [1.29, 1.82) is 0 Å². The Morgan fingerprint density at radius 1 is 0.946 bits per heavy atom. The van der Waals surface area contributed by atoms with E-state index in [1.54, 1.807) is 46.7 Å². The van der Waals surface area contributed by atoms with E-state index < -0.39 is 0 Å². The van der Waals surface area contributed by atoms with Gasteiger partial charge in [-0.05, 0) is 37.5 Å². The zero-order valence-corrected chi connectivity index (χ0v) is 25.8. The zero-order valence-electron chi connectivity index (χ0n) is 22.7. The van der Waals surface area contributed by atoms with Crippen LogP contribution in [0.5, 0.6) is 23.0 Å². The van der Waals surface area contributed by atoms with E-state index in [-0.39, 0.29) is 57.4 Å². The molecular formula is C27H36KN5O4. The van der Waals surface area contributed by atoms with E-state index >= 15 is 0 Å². The van der Waals surface area contributed by atoms with Crippen LogP contribution in [0.4, 0.5) is 17.5 Å². The molecule has 1 unspecified atom stereocenters. The van der Waals surface area contributed by atoms with Gasteiger partial charge >= 0.3 is 51.4 Å². The number of anilines is 3. The number of nitrogens with zero attached hydrogens (tertiary/aromatic N) is 4. The normalized spacial score (nSPS) is 13.4. The van der Waals surface area contributed by atoms with Crippen LogP contribution in [0.1, 0.15) is 37.8 Å². The minimum absolute atomic E-state index is 0. The summed E-state index contributed by atoms with van der Waals surface area (Å²) in [5.41, 5.74) is 1.90. The minimum Gasteiger partial charge on any atom is -0.659 e. The van der Waals surface area contributed by atoms with Crippen LogP contribution in [-0.2, 0) is 0 Å². The second kappa shape index (κ2) is 16.0. The first-order chi connectivity index (χ1) is 17.5. The van der Waals surface area contributed by atoms with Crippen molar-refractivity contribution >= 4 is 17.5 Å². The average Bonchev–Trinajstić information content (AvgIpc) is 2.93. The number of rotatable bonds is 8. The molecule has 1 aromatic heterocycles. The Bertz CT molecular complexity index is 1070. The Morgan fingerprint density at radius 2 is 1.57 bits per heavy atom. The number of aromatic nitrogens is 2. The van der Waals surface area contributed by atoms with E-state index in [4.69, 9.17) is 19.3 Å². The molecule has 37 heavy (non-hydrogen) atoms. The largest absolute Gasteiger partial charge is 1.00 e. The molecule has 1 atom stereocenters. The molecule has 0 aliphatic carbocycles. The van der Waals surface area contributed by atoms with Crippen LogP contribution in [0.15, 0.2) is 48.7 Å². The van der Waals surface area contributed by atoms with Gasteiger partial charge in [0.15, 0.2) is 11.5 Å². The van der Waals surface area contributed by atoms with Crippen LogP contribution in [0, 0.1) is 0 Å². The predicted octanol–water partition coefficient (Wildman–Crippen LogP) is 2.70. The Labute approximate surface area is 262 Å². The number of ether oxygens (including phenoxy) is 3. The first-order valence-electron chi connectivity index (χ1n) is 12.0. The van der Waals surface area contributed by atoms with Crippen LogP contribution in [0.25, 0.3) is 5.32 Å². The molecular weight excluding hydrogens is 497 g/mol. The average molecular weight is 534 g/mol. The fraction of sp³-hybridized carbons (Fsp3) is 0.407. The van der Waals surface area contributed by atoms with Crippen molar-refractivity contribution in [1.82, 2.24) is 9.97 Å². The third-order valence-corrected chi connectivity index (χ3v) is 6.00. The molecule has 0 spiro atoms. The van der Waals surface area contributed by atoms with E-state index in [0.29, 0.717) is 28.9 Å². The molecule has 0 amide bonds. The summed E-state index contributed by atoms with van der Waals surface area (Å²) in [5.74, 6) is 3.51. The maximum absolute atomic E-state index is 8.98. The molecule has 0 radical (unpaired) electrons. The molecule has 2 N–H and O–H groups in total. The number of phenols is 1. The first kappa shape index (κ1) is 31.1. The smallest absolute Gasteiger partial charge is 0.659 e. The van der Waals surface area contributed by atoms with Gasteiger partial charge in [0.1, 0.15) is 11.6 Å². The summed E-state index contributed by atoms with van der Waals surface area (Å²) in [5, 5.41) is 16.3. The summed E-state index contributed by atoms with van der Waals surface area (Å²) in [4.78, 5) is 11.3. The number of nitrogens with one attached hydrogen (secondary N) is 1. The number of aromatic hydroxyl groups is 1. The fourth-order valence-corrected chi connectivity index (χ4v) is 3.89. The molecule has 2 aromatic carbocycles. The maximum atomic E-state index is 8.98. The van der Waals surface area contributed by atoms with Crippen molar-refractivity contribution in [3.8, 4) is 23.0 Å². The number of phenolic OH excluding ortho intramolecular Hbond substituents is 1. The topological polar surface area (TPSA) is 103 Å². The van der Waals surface area contributed by atoms with Gasteiger partial charge in [0.05, 0.1) is 21.3 Å². The summed E-state index contributed by atoms with van der Waals surface area (Å²) in [6, 6.07) is 13.0. The molecule has 9 nitrogen and oxygen atoms in total. The van der Waals surface area contributed by atoms with Crippen molar-refractivity contribution in [2.75, 3.05) is 51.7 Å². The van der Waals surface area contributed by atoms with Gasteiger partial charge in [0, 0.05) is 37.1 Å². The third-order valence-electron chi connectivity index (χ3n) is 6.00. The van der Waals surface area contributed by atoms with Gasteiger partial charge in [-0.3, -0.25) is 0 Å². The maximum Gasteiger partial charge on any atom is 1.00 e. The number of hydrogen-bond acceptors (Lipinski definition) is 8. The van der Waals surface area contributed by atoms with E-state index in [1.807, 2.05) is 37.3 Å². The van der Waals surface area contributed by atoms with Gasteiger partial charge < -0.3 is 34.9 Å². The van der Waals surface area contributed by atoms with Gasteiger partial charge in [0.2, 0.25) is 11.7 Å². The second-order valence-electron chi connectivity index (χ2n) is 8.35. The van der Waals surface area contributed by atoms with Crippen LogP contribution in [-0.4, -0.2) is 56.5 Å². The molecule has 1 saturated heterocycles. The summed E-state index contributed by atoms with van der Waals surface area (Å²) < 4.78 is 16.1. The number of methoxy groups -OCH3 is 3. The second-order valence-corrected chi connectivity index (χ2v) is 8.35. The van der Waals surface area contributed by atoms with Crippen LogP contribution < -0.4 is 75.8 Å². The van der Waals surface area contributed by atoms with E-state index in [1.165, 1.54) is 19.3 Å². The van der Waals surface area contributed by atoms with Crippen molar-refractivity contribution < 1.29 is 70.7 Å². The number of hydrogen-bond donors (Lipinski definition) is 2. The van der Waals surface area contributed by atoms with Gasteiger partial charge in [0.25, 0.3) is 0 Å². The van der Waals surface area contributed by atoms with Crippen molar-refractivity contribution in [3.05, 3.63) is 59.5 Å². The quantitative estimate of drug-likeness (QED) is 0.426. The monoisotopic (exact) mass is 533 g/mol. The number of benzene rings is 2. The first-order valence-corrected chi connectivity index (χ1v) is 12.0. The Morgan fingerprint density at radius 3 is 2.11 bits per heavy atom. The van der Waals surface area contributed by atoms with Gasteiger partial charge in [-0.15, -0.1) is 6.04 Å². The molecule has 10 heteroatoms.